The molecule has 0 saturated carbocycles. The van der Waals surface area contributed by atoms with Crippen LogP contribution >= 0.6 is 11.6 Å². The van der Waals surface area contributed by atoms with E-state index in [-0.39, 0.29) is 11.9 Å². The van der Waals surface area contributed by atoms with Gasteiger partial charge in [-0.25, -0.2) is 4.39 Å². The number of hydrogen-bond donors (Lipinski definition) is 1. The van der Waals surface area contributed by atoms with Gasteiger partial charge in [-0.1, -0.05) is 53.2 Å². The van der Waals surface area contributed by atoms with Gasteiger partial charge >= 0.3 is 0 Å². The number of rotatable bonds is 6. The summed E-state index contributed by atoms with van der Waals surface area (Å²) in [5, 5.41) is 14.7. The lowest BCUT2D eigenvalue weighted by molar-refractivity contribution is 0.169. The highest BCUT2D eigenvalue weighted by molar-refractivity contribution is 6.31. The second-order valence-corrected chi connectivity index (χ2v) is 8.62. The number of nitrogens with zero attached hydrogens (tertiary/aromatic N) is 4. The Morgan fingerprint density at radius 1 is 1.12 bits per heavy atom. The number of hydrogen-bond acceptors (Lipinski definition) is 6. The number of aliphatic hydroxyl groups excluding tert-OH is 1. The molecule has 1 aliphatic rings. The number of β-amino-alcohol motifs (C(OH)–C–C–N with tert-alkyl or cyclic N) is 1. The summed E-state index contributed by atoms with van der Waals surface area (Å²) < 4.78 is 18.8. The summed E-state index contributed by atoms with van der Waals surface area (Å²) in [7, 11) is 0. The predicted molar refractivity (Wildman–Crippen MR) is 122 cm³/mol. The minimum atomic E-state index is -0.468. The van der Waals surface area contributed by atoms with E-state index >= 15 is 0 Å². The summed E-state index contributed by atoms with van der Waals surface area (Å²) in [5.41, 5.74) is 3.82. The van der Waals surface area contributed by atoms with Crippen molar-refractivity contribution < 1.29 is 14.0 Å². The number of aliphatic hydroxyl groups is 1. The van der Waals surface area contributed by atoms with E-state index in [1.165, 1.54) is 12.1 Å². The molecule has 0 bridgehead atoms. The first-order valence-corrected chi connectivity index (χ1v) is 11.1. The van der Waals surface area contributed by atoms with Crippen LogP contribution in [-0.4, -0.2) is 37.8 Å². The number of halogens is 2. The summed E-state index contributed by atoms with van der Waals surface area (Å²) in [6, 6.07) is 18.2. The van der Waals surface area contributed by atoms with Gasteiger partial charge in [-0.3, -0.25) is 9.88 Å². The maximum Gasteiger partial charge on any atom is 0.244 e. The van der Waals surface area contributed by atoms with Crippen molar-refractivity contribution in [3.05, 3.63) is 101 Å². The summed E-state index contributed by atoms with van der Waals surface area (Å²) in [5.74, 6) is 0.547. The van der Waals surface area contributed by atoms with Crippen molar-refractivity contribution in [2.75, 3.05) is 6.54 Å². The molecule has 1 saturated heterocycles. The second kappa shape index (κ2) is 9.39. The smallest absolute Gasteiger partial charge is 0.244 e. The van der Waals surface area contributed by atoms with Crippen LogP contribution in [0.4, 0.5) is 4.39 Å². The molecule has 3 heterocycles. The fraction of sp³-hybridized carbons (Fsp3) is 0.240. The number of likely N-dealkylation sites (tertiary alicyclic amines) is 1. The molecule has 6 nitrogen and oxygen atoms in total. The third kappa shape index (κ3) is 4.95. The van der Waals surface area contributed by atoms with E-state index in [4.69, 9.17) is 16.1 Å². The zero-order valence-electron chi connectivity index (χ0n) is 17.7. The Morgan fingerprint density at radius 2 is 1.97 bits per heavy atom. The van der Waals surface area contributed by atoms with Gasteiger partial charge in [-0.2, -0.15) is 4.98 Å². The van der Waals surface area contributed by atoms with Crippen LogP contribution < -0.4 is 0 Å². The topological polar surface area (TPSA) is 75.3 Å². The van der Waals surface area contributed by atoms with Crippen LogP contribution in [0.25, 0.3) is 11.3 Å². The number of pyridine rings is 1. The van der Waals surface area contributed by atoms with Gasteiger partial charge in [0.05, 0.1) is 17.8 Å². The zero-order valence-corrected chi connectivity index (χ0v) is 18.5. The molecule has 2 aromatic carbocycles. The van der Waals surface area contributed by atoms with Crippen molar-refractivity contribution in [1.29, 1.82) is 0 Å². The van der Waals surface area contributed by atoms with E-state index in [0.29, 0.717) is 42.7 Å². The molecule has 8 heteroatoms. The van der Waals surface area contributed by atoms with Crippen molar-refractivity contribution >= 4 is 11.6 Å². The molecule has 2 atom stereocenters. The molecule has 0 aliphatic carbocycles. The zero-order chi connectivity index (χ0) is 22.8. The third-order valence-electron chi connectivity index (χ3n) is 5.81. The van der Waals surface area contributed by atoms with Gasteiger partial charge in [-0.15, -0.1) is 0 Å². The second-order valence-electron chi connectivity index (χ2n) is 8.21. The molecule has 5 rings (SSSR count). The molecule has 0 amide bonds. The predicted octanol–water partition coefficient (Wildman–Crippen LogP) is 4.82. The summed E-state index contributed by atoms with van der Waals surface area (Å²) in [4.78, 5) is 11.1. The molecular weight excluding hydrogens is 443 g/mol. The molecule has 1 fully saturated rings. The quantitative estimate of drug-likeness (QED) is 0.441. The normalized spacial score (nSPS) is 18.6. The molecule has 2 aromatic heterocycles. The van der Waals surface area contributed by atoms with Gasteiger partial charge in [0.2, 0.25) is 5.89 Å². The lowest BCUT2D eigenvalue weighted by Crippen LogP contribution is -2.24. The Kier molecular flexibility index (Phi) is 6.17. The van der Waals surface area contributed by atoms with Crippen molar-refractivity contribution in [1.82, 2.24) is 20.0 Å². The maximum atomic E-state index is 13.3. The molecule has 4 aromatic rings. The third-order valence-corrected chi connectivity index (χ3v) is 6.17. The summed E-state index contributed by atoms with van der Waals surface area (Å²) >= 11 is 6.12. The first-order valence-electron chi connectivity index (χ1n) is 10.7. The fourth-order valence-corrected chi connectivity index (χ4v) is 4.40. The van der Waals surface area contributed by atoms with Gasteiger partial charge in [0.25, 0.3) is 0 Å². The highest BCUT2D eigenvalue weighted by Crippen LogP contribution is 2.33. The van der Waals surface area contributed by atoms with Crippen LogP contribution in [0, 0.1) is 5.82 Å². The largest absolute Gasteiger partial charge is 0.392 e. The lowest BCUT2D eigenvalue weighted by Gasteiger charge is -2.21. The minimum Gasteiger partial charge on any atom is -0.392 e. The fourth-order valence-electron chi connectivity index (χ4n) is 4.17. The van der Waals surface area contributed by atoms with Crippen molar-refractivity contribution in [2.24, 2.45) is 0 Å². The van der Waals surface area contributed by atoms with Crippen LogP contribution in [0.3, 0.4) is 0 Å². The van der Waals surface area contributed by atoms with Gasteiger partial charge in [0, 0.05) is 36.3 Å². The first-order chi connectivity index (χ1) is 16.0. The van der Waals surface area contributed by atoms with Gasteiger partial charge in [0.15, 0.2) is 5.82 Å². The molecule has 33 heavy (non-hydrogen) atoms. The highest BCUT2D eigenvalue weighted by Gasteiger charge is 2.35. The van der Waals surface area contributed by atoms with Gasteiger partial charge in [0.1, 0.15) is 5.82 Å². The van der Waals surface area contributed by atoms with Crippen LogP contribution in [0.2, 0.25) is 5.02 Å². The number of aromatic nitrogens is 3. The Morgan fingerprint density at radius 3 is 2.73 bits per heavy atom. The first kappa shape index (κ1) is 21.7. The highest BCUT2D eigenvalue weighted by atomic mass is 35.5. The monoisotopic (exact) mass is 464 g/mol. The van der Waals surface area contributed by atoms with E-state index in [0.717, 1.165) is 22.4 Å². The average Bonchev–Trinajstić information content (AvgIpc) is 3.43. The van der Waals surface area contributed by atoms with E-state index < -0.39 is 6.10 Å². The molecule has 0 spiro atoms. The van der Waals surface area contributed by atoms with Gasteiger partial charge < -0.3 is 9.63 Å². The Balaban J connectivity index is 1.29. The van der Waals surface area contributed by atoms with Crippen molar-refractivity contribution in [2.45, 2.75) is 31.5 Å². The van der Waals surface area contributed by atoms with E-state index in [2.05, 4.69) is 44.3 Å². The molecule has 1 N–H and O–H groups in total. The standard InChI is InChI=1S/C25H22ClFN4O2/c26-21-12-19(27)9-8-18(21)11-24-29-25(33-30-24)23-13-20(32)15-31(23)14-16-4-6-17(7-5-16)22-3-1-2-10-28-22/h1-10,12,20,23,32H,11,13-15H2/t20-,23+/m1/s1. The average molecular weight is 465 g/mol. The van der Waals surface area contributed by atoms with Crippen molar-refractivity contribution in [3.8, 4) is 11.3 Å². The Labute approximate surface area is 195 Å². The molecule has 1 aliphatic heterocycles. The molecule has 0 unspecified atom stereocenters. The lowest BCUT2D eigenvalue weighted by atomic mass is 10.1. The Bertz CT molecular complexity index is 1230. The molecule has 168 valence electrons. The summed E-state index contributed by atoms with van der Waals surface area (Å²) in [6.45, 7) is 1.17. The van der Waals surface area contributed by atoms with Crippen molar-refractivity contribution in [3.63, 3.8) is 0 Å². The summed E-state index contributed by atoms with van der Waals surface area (Å²) in [6.07, 6.45) is 2.17. The van der Waals surface area contributed by atoms with Crippen LogP contribution in [0.15, 0.2) is 71.4 Å². The Hall–Kier alpha value is -3.13. The van der Waals surface area contributed by atoms with Crippen LogP contribution in [0.5, 0.6) is 0 Å². The van der Waals surface area contributed by atoms with E-state index in [1.807, 2.05) is 18.2 Å². The SMILES string of the molecule is O[C@@H]1C[C@@H](c2nc(Cc3ccc(F)cc3Cl)no2)N(Cc2ccc(-c3ccccn3)cc2)C1. The maximum absolute atomic E-state index is 13.3. The van der Waals surface area contributed by atoms with E-state index in [1.54, 1.807) is 12.3 Å². The number of benzene rings is 2. The van der Waals surface area contributed by atoms with Gasteiger partial charge in [-0.05, 0) is 41.8 Å². The van der Waals surface area contributed by atoms with Crippen LogP contribution in [-0.2, 0) is 13.0 Å². The molecular formula is C25H22ClFN4O2. The van der Waals surface area contributed by atoms with Crippen LogP contribution in [0.1, 0.15) is 35.3 Å². The van der Waals surface area contributed by atoms with E-state index in [9.17, 15) is 9.50 Å². The molecule has 0 radical (unpaired) electrons. The minimum absolute atomic E-state index is 0.180.